The van der Waals surface area contributed by atoms with Gasteiger partial charge in [0.05, 0.1) is 19.1 Å². The smallest absolute Gasteiger partial charge is 0.305 e. The van der Waals surface area contributed by atoms with Crippen molar-refractivity contribution in [2.75, 3.05) is 19.5 Å². The van der Waals surface area contributed by atoms with Crippen LogP contribution in [0.5, 0.6) is 0 Å². The van der Waals surface area contributed by atoms with Gasteiger partial charge >= 0.3 is 11.9 Å². The van der Waals surface area contributed by atoms with E-state index < -0.39 is 45.9 Å². The van der Waals surface area contributed by atoms with Crippen LogP contribution in [0.25, 0.3) is 0 Å². The first kappa shape index (κ1) is 34.8. The number of anilines is 1. The summed E-state index contributed by atoms with van der Waals surface area (Å²) in [6, 6.07) is 10.7. The Morgan fingerprint density at radius 3 is 1.88 bits per heavy atom. The van der Waals surface area contributed by atoms with Gasteiger partial charge in [-0.3, -0.25) is 19.2 Å². The summed E-state index contributed by atoms with van der Waals surface area (Å²) in [5, 5.41) is 16.1. The van der Waals surface area contributed by atoms with Gasteiger partial charge in [-0.2, -0.15) is 0 Å². The maximum atomic E-state index is 13.3. The molecule has 0 saturated heterocycles. The van der Waals surface area contributed by atoms with E-state index in [0.717, 1.165) is 9.13 Å². The predicted molar refractivity (Wildman–Crippen MR) is 166 cm³/mol. The van der Waals surface area contributed by atoms with Gasteiger partial charge in [-0.15, -0.1) is 0 Å². The lowest BCUT2D eigenvalue weighted by atomic mass is 10.1. The summed E-state index contributed by atoms with van der Waals surface area (Å²) in [4.78, 5) is 49.9. The van der Waals surface area contributed by atoms with Crippen LogP contribution < -0.4 is 26.4 Å². The quantitative estimate of drug-likeness (QED) is 0.107. The van der Waals surface area contributed by atoms with E-state index >= 15 is 0 Å². The molecule has 0 saturated carbocycles. The number of nitrogens with two attached hydrogens (primary N) is 1. The number of rotatable bonds is 14. The van der Waals surface area contributed by atoms with Crippen LogP contribution in [0, 0.1) is 3.57 Å². The van der Waals surface area contributed by atoms with E-state index in [-0.39, 0.29) is 42.2 Å². The molecule has 0 fully saturated rings. The SMILES string of the molecule is COC(=O)CCC(NC(=O)C(CCC(=O)OC)NC(=S)Nc1ccc(S(N)(=O)=O)cc1)C(=O)NCc1ccc(I)cc1. The van der Waals surface area contributed by atoms with Crippen molar-refractivity contribution in [3.8, 4) is 0 Å². The normalized spacial score (nSPS) is 12.3. The summed E-state index contributed by atoms with van der Waals surface area (Å²) in [6.45, 7) is 0.197. The van der Waals surface area contributed by atoms with Crippen LogP contribution in [0.2, 0.25) is 0 Å². The van der Waals surface area contributed by atoms with Gasteiger partial charge in [0.2, 0.25) is 21.8 Å². The molecule has 0 radical (unpaired) electrons. The number of halogens is 1. The molecule has 0 aliphatic carbocycles. The minimum absolute atomic E-state index is 0.0161. The van der Waals surface area contributed by atoms with Crippen molar-refractivity contribution in [3.05, 3.63) is 57.7 Å². The van der Waals surface area contributed by atoms with Gasteiger partial charge in [0.15, 0.2) is 5.11 Å². The molecule has 0 aliphatic rings. The molecular weight excluding hydrogens is 701 g/mol. The van der Waals surface area contributed by atoms with Crippen molar-refractivity contribution in [3.63, 3.8) is 0 Å². The third-order valence-electron chi connectivity index (χ3n) is 5.81. The highest BCUT2D eigenvalue weighted by Gasteiger charge is 2.27. The van der Waals surface area contributed by atoms with Crippen LogP contribution in [-0.4, -0.2) is 63.6 Å². The Morgan fingerprint density at radius 2 is 1.38 bits per heavy atom. The second kappa shape index (κ2) is 16.9. The van der Waals surface area contributed by atoms with Gasteiger partial charge in [-0.1, -0.05) is 12.1 Å². The lowest BCUT2D eigenvalue weighted by Crippen LogP contribution is -2.54. The first-order valence-corrected chi connectivity index (χ1v) is 15.5. The number of hydrogen-bond donors (Lipinski definition) is 5. The lowest BCUT2D eigenvalue weighted by molar-refractivity contribution is -0.142. The summed E-state index contributed by atoms with van der Waals surface area (Å²) < 4.78 is 33.3. The number of benzene rings is 2. The predicted octanol–water partition coefficient (Wildman–Crippen LogP) is 1.30. The average Bonchev–Trinajstić information content (AvgIpc) is 2.96. The fraction of sp³-hybridized carbons (Fsp3) is 0.346. The van der Waals surface area contributed by atoms with Crippen LogP contribution in [0.4, 0.5) is 5.69 Å². The Labute approximate surface area is 262 Å². The number of hydrogen-bond acceptors (Lipinski definition) is 9. The molecule has 2 aromatic carbocycles. The van der Waals surface area contributed by atoms with Crippen molar-refractivity contribution in [2.45, 2.75) is 49.2 Å². The van der Waals surface area contributed by atoms with Crippen molar-refractivity contribution in [1.29, 1.82) is 0 Å². The lowest BCUT2D eigenvalue weighted by Gasteiger charge is -2.24. The molecule has 2 rings (SSSR count). The standard InChI is InChI=1S/C26H32IN5O8S2/c1-39-22(33)13-11-20(24(35)29-15-16-3-5-17(27)6-4-16)31-25(36)21(12-14-23(34)40-2)32-26(41)30-18-7-9-19(10-8-18)42(28,37)38/h3-10,20-21H,11-15H2,1-2H3,(H,29,35)(H,31,36)(H2,28,37,38)(H2,30,32,41). The van der Waals surface area contributed by atoms with E-state index in [1.54, 1.807) is 0 Å². The fourth-order valence-electron chi connectivity index (χ4n) is 3.51. The van der Waals surface area contributed by atoms with Gasteiger partial charge in [0.25, 0.3) is 0 Å². The Bertz CT molecular complexity index is 1370. The molecular formula is C26H32IN5O8S2. The summed E-state index contributed by atoms with van der Waals surface area (Å²) >= 11 is 7.48. The zero-order valence-corrected chi connectivity index (χ0v) is 26.6. The van der Waals surface area contributed by atoms with Gasteiger partial charge in [0, 0.05) is 28.6 Å². The number of carbonyl (C=O) groups is 4. The third kappa shape index (κ3) is 12.3. The van der Waals surface area contributed by atoms with Crippen molar-refractivity contribution >= 4 is 79.4 Å². The second-order valence-electron chi connectivity index (χ2n) is 8.86. The van der Waals surface area contributed by atoms with Crippen molar-refractivity contribution in [2.24, 2.45) is 5.14 Å². The number of methoxy groups -OCH3 is 2. The molecule has 0 aromatic heterocycles. The number of primary sulfonamides is 1. The summed E-state index contributed by atoms with van der Waals surface area (Å²) in [5.74, 6) is -2.30. The van der Waals surface area contributed by atoms with Gasteiger partial charge < -0.3 is 30.7 Å². The molecule has 2 unspecified atom stereocenters. The average molecular weight is 734 g/mol. The summed E-state index contributed by atoms with van der Waals surface area (Å²) in [7, 11) is -1.45. The van der Waals surface area contributed by atoms with Crippen LogP contribution >= 0.6 is 34.8 Å². The van der Waals surface area contributed by atoms with E-state index in [9.17, 15) is 27.6 Å². The largest absolute Gasteiger partial charge is 0.469 e. The molecule has 6 N–H and O–H groups in total. The van der Waals surface area contributed by atoms with Crippen LogP contribution in [0.1, 0.15) is 31.2 Å². The Kier molecular flexibility index (Phi) is 14.1. The number of amides is 2. The van der Waals surface area contributed by atoms with E-state index in [4.69, 9.17) is 17.4 Å². The topological polar surface area (TPSA) is 195 Å². The van der Waals surface area contributed by atoms with Gasteiger partial charge in [0.1, 0.15) is 12.1 Å². The van der Waals surface area contributed by atoms with Crippen LogP contribution in [-0.2, 0) is 45.2 Å². The number of esters is 2. The third-order valence-corrected chi connectivity index (χ3v) is 7.67. The number of sulfonamides is 1. The number of nitrogens with one attached hydrogen (secondary N) is 4. The molecule has 13 nitrogen and oxygen atoms in total. The molecule has 2 amide bonds. The van der Waals surface area contributed by atoms with E-state index in [2.05, 4.69) is 53.3 Å². The molecule has 2 atom stereocenters. The zero-order chi connectivity index (χ0) is 31.3. The first-order chi connectivity index (χ1) is 19.8. The Morgan fingerprint density at radius 1 is 0.857 bits per heavy atom. The second-order valence-corrected chi connectivity index (χ2v) is 12.1. The molecule has 228 valence electrons. The number of thiocarbonyl (C=S) groups is 1. The van der Waals surface area contributed by atoms with Gasteiger partial charge in [-0.05, 0) is 89.6 Å². The van der Waals surface area contributed by atoms with Crippen molar-refractivity contribution in [1.82, 2.24) is 16.0 Å². The van der Waals surface area contributed by atoms with Crippen molar-refractivity contribution < 1.29 is 37.1 Å². The van der Waals surface area contributed by atoms with E-state index in [1.165, 1.54) is 38.5 Å². The monoisotopic (exact) mass is 733 g/mol. The van der Waals surface area contributed by atoms with Gasteiger partial charge in [-0.25, -0.2) is 13.6 Å². The Hall–Kier alpha value is -3.35. The number of ether oxygens (including phenoxy) is 2. The molecule has 16 heteroatoms. The van der Waals surface area contributed by atoms with Crippen LogP contribution in [0.15, 0.2) is 53.4 Å². The minimum atomic E-state index is -3.88. The molecule has 0 spiro atoms. The highest BCUT2D eigenvalue weighted by atomic mass is 127. The number of carbonyl (C=O) groups excluding carboxylic acids is 4. The zero-order valence-electron chi connectivity index (χ0n) is 22.8. The molecule has 0 heterocycles. The highest BCUT2D eigenvalue weighted by molar-refractivity contribution is 14.1. The first-order valence-electron chi connectivity index (χ1n) is 12.5. The summed E-state index contributed by atoms with van der Waals surface area (Å²) in [6.07, 6.45) is -0.356. The Balaban J connectivity index is 2.15. The molecule has 0 bridgehead atoms. The fourth-order valence-corrected chi connectivity index (χ4v) is 4.64. The molecule has 0 aliphatic heterocycles. The van der Waals surface area contributed by atoms with E-state index in [1.807, 2.05) is 24.3 Å². The molecule has 42 heavy (non-hydrogen) atoms. The summed E-state index contributed by atoms with van der Waals surface area (Å²) in [5.41, 5.74) is 1.24. The minimum Gasteiger partial charge on any atom is -0.469 e. The maximum absolute atomic E-state index is 13.3. The van der Waals surface area contributed by atoms with Crippen LogP contribution in [0.3, 0.4) is 0 Å². The maximum Gasteiger partial charge on any atom is 0.305 e. The highest BCUT2D eigenvalue weighted by Crippen LogP contribution is 2.13. The van der Waals surface area contributed by atoms with E-state index in [0.29, 0.717) is 5.69 Å². The molecule has 2 aromatic rings.